The lowest BCUT2D eigenvalue weighted by atomic mass is 10.4. The van der Waals surface area contributed by atoms with Crippen molar-refractivity contribution in [3.63, 3.8) is 0 Å². The van der Waals surface area contributed by atoms with Gasteiger partial charge in [0.25, 0.3) is 0 Å². The molecule has 0 saturated carbocycles. The summed E-state index contributed by atoms with van der Waals surface area (Å²) in [6.07, 6.45) is 3.12. The molecule has 9 heavy (non-hydrogen) atoms. The van der Waals surface area contributed by atoms with Gasteiger partial charge in [0.2, 0.25) is 0 Å². The van der Waals surface area contributed by atoms with Crippen molar-refractivity contribution in [2.45, 2.75) is 19.5 Å². The van der Waals surface area contributed by atoms with Gasteiger partial charge in [0, 0.05) is 0 Å². The summed E-state index contributed by atoms with van der Waals surface area (Å²) in [5.41, 5.74) is -0.650. The van der Waals surface area contributed by atoms with Crippen LogP contribution in [0, 0.1) is 0 Å². The van der Waals surface area contributed by atoms with Gasteiger partial charge in [0.05, 0.1) is 5.66 Å². The Bertz CT molecular complexity index is 146. The van der Waals surface area contributed by atoms with E-state index in [9.17, 15) is 4.57 Å². The molecule has 0 spiro atoms. The van der Waals surface area contributed by atoms with Crippen LogP contribution in [0.3, 0.4) is 0 Å². The number of hydrogen-bond acceptors (Lipinski definition) is 1. The van der Waals surface area contributed by atoms with E-state index >= 15 is 0 Å². The molecule has 3 nitrogen and oxygen atoms in total. The Labute approximate surface area is 54.6 Å². The molecule has 0 amide bonds. The third-order valence-corrected chi connectivity index (χ3v) is 2.23. The van der Waals surface area contributed by atoms with Gasteiger partial charge < -0.3 is 9.79 Å². The number of hydrogen-bond donors (Lipinski definition) is 2. The Balaban J connectivity index is 4.05. The summed E-state index contributed by atoms with van der Waals surface area (Å²) >= 11 is 0. The monoisotopic (exact) mass is 150 g/mol. The molecule has 0 radical (unpaired) electrons. The minimum atomic E-state index is -3.86. The zero-order valence-corrected chi connectivity index (χ0v) is 6.38. The van der Waals surface area contributed by atoms with Gasteiger partial charge in [0.15, 0.2) is 0 Å². The summed E-state index contributed by atoms with van der Waals surface area (Å²) < 4.78 is 10.4. The molecule has 0 rings (SSSR count). The molecule has 0 aromatic heterocycles. The van der Waals surface area contributed by atoms with Crippen LogP contribution in [-0.2, 0) is 4.57 Å². The summed E-state index contributed by atoms with van der Waals surface area (Å²) in [7, 11) is -3.86. The van der Waals surface area contributed by atoms with E-state index in [0.29, 0.717) is 0 Å². The lowest BCUT2D eigenvalue weighted by Gasteiger charge is -2.06. The maximum atomic E-state index is 10.4. The van der Waals surface area contributed by atoms with Crippen LogP contribution in [0.5, 0.6) is 0 Å². The third kappa shape index (κ3) is 3.46. The lowest BCUT2D eigenvalue weighted by molar-refractivity contribution is 0.367. The van der Waals surface area contributed by atoms with Crippen LogP contribution in [0.1, 0.15) is 13.8 Å². The first-order chi connectivity index (χ1) is 3.98. The van der Waals surface area contributed by atoms with E-state index in [4.69, 9.17) is 9.79 Å². The highest BCUT2D eigenvalue weighted by Crippen LogP contribution is 2.41. The summed E-state index contributed by atoms with van der Waals surface area (Å²) in [4.78, 5) is 17.0. The number of allylic oxidation sites excluding steroid dienone is 2. The molecule has 54 valence electrons. The van der Waals surface area contributed by atoms with Gasteiger partial charge in [-0.25, -0.2) is 0 Å². The molecule has 4 heteroatoms. The lowest BCUT2D eigenvalue weighted by Crippen LogP contribution is -1.96. The topological polar surface area (TPSA) is 57.5 Å². The van der Waals surface area contributed by atoms with E-state index in [1.807, 2.05) is 0 Å². The highest BCUT2D eigenvalue weighted by molar-refractivity contribution is 7.52. The first-order valence-electron chi connectivity index (χ1n) is 2.66. The third-order valence-electron chi connectivity index (χ3n) is 1.00. The second-order valence-corrected chi connectivity index (χ2v) is 3.85. The van der Waals surface area contributed by atoms with Gasteiger partial charge in [-0.3, -0.25) is 4.57 Å². The van der Waals surface area contributed by atoms with Crippen molar-refractivity contribution >= 4 is 7.60 Å². The fourth-order valence-corrected chi connectivity index (χ4v) is 0.787. The van der Waals surface area contributed by atoms with Gasteiger partial charge in [-0.05, 0) is 13.8 Å². The largest absolute Gasteiger partial charge is 0.332 e. The molecule has 0 aromatic rings. The molecule has 1 atom stereocenters. The molecule has 0 fully saturated rings. The average molecular weight is 150 g/mol. The predicted octanol–water partition coefficient (Wildman–Crippen LogP) is 1.13. The van der Waals surface area contributed by atoms with Crippen LogP contribution in [0.2, 0.25) is 0 Å². The Morgan fingerprint density at radius 2 is 2.00 bits per heavy atom. The molecule has 0 aliphatic carbocycles. The minimum absolute atomic E-state index is 0.650. The van der Waals surface area contributed by atoms with Gasteiger partial charge in [-0.2, -0.15) is 0 Å². The molecule has 0 bridgehead atoms. The molecular weight excluding hydrogens is 139 g/mol. The zero-order valence-electron chi connectivity index (χ0n) is 5.48. The number of rotatable bonds is 2. The van der Waals surface area contributed by atoms with E-state index in [1.54, 1.807) is 13.0 Å². The van der Waals surface area contributed by atoms with Crippen molar-refractivity contribution in [2.24, 2.45) is 0 Å². The molecule has 1 unspecified atom stereocenters. The van der Waals surface area contributed by atoms with Crippen molar-refractivity contribution < 1.29 is 14.4 Å². The normalized spacial score (nSPS) is 16.4. The standard InChI is InChI=1S/C5H11O3P/c1-3-4-5(2)9(6,7)8/h3-5H,1-2H3,(H2,6,7,8)/b4-3+. The van der Waals surface area contributed by atoms with Crippen LogP contribution in [0.15, 0.2) is 12.2 Å². The Morgan fingerprint density at radius 1 is 1.56 bits per heavy atom. The maximum Gasteiger partial charge on any atom is 0.332 e. The molecule has 0 heterocycles. The van der Waals surface area contributed by atoms with Gasteiger partial charge in [0.1, 0.15) is 0 Å². The average Bonchev–Trinajstić information content (AvgIpc) is 1.64. The summed E-state index contributed by atoms with van der Waals surface area (Å²) in [6.45, 7) is 3.22. The maximum absolute atomic E-state index is 10.4. The Morgan fingerprint density at radius 3 is 2.11 bits per heavy atom. The molecule has 2 N–H and O–H groups in total. The smallest absolute Gasteiger partial charge is 0.324 e. The van der Waals surface area contributed by atoms with Gasteiger partial charge in [-0.15, -0.1) is 0 Å². The predicted molar refractivity (Wildman–Crippen MR) is 36.3 cm³/mol. The molecule has 0 aromatic carbocycles. The first-order valence-corrected chi connectivity index (χ1v) is 4.34. The van der Waals surface area contributed by atoms with Crippen LogP contribution in [0.4, 0.5) is 0 Å². The van der Waals surface area contributed by atoms with Crippen molar-refractivity contribution in [2.75, 3.05) is 0 Å². The fourth-order valence-electron chi connectivity index (χ4n) is 0.391. The summed E-state index contributed by atoms with van der Waals surface area (Å²) in [5, 5.41) is 0. The van der Waals surface area contributed by atoms with E-state index in [1.165, 1.54) is 13.0 Å². The van der Waals surface area contributed by atoms with Crippen molar-refractivity contribution in [3.8, 4) is 0 Å². The van der Waals surface area contributed by atoms with Crippen LogP contribution in [-0.4, -0.2) is 15.4 Å². The van der Waals surface area contributed by atoms with Crippen LogP contribution in [0.25, 0.3) is 0 Å². The molecule has 0 aliphatic heterocycles. The quantitative estimate of drug-likeness (QED) is 0.458. The molecule has 0 aliphatic rings. The van der Waals surface area contributed by atoms with Crippen LogP contribution < -0.4 is 0 Å². The zero-order chi connectivity index (χ0) is 7.49. The minimum Gasteiger partial charge on any atom is -0.324 e. The SMILES string of the molecule is C/C=C/C(C)P(=O)(O)O. The first kappa shape index (κ1) is 8.89. The van der Waals surface area contributed by atoms with E-state index in [-0.39, 0.29) is 0 Å². The van der Waals surface area contributed by atoms with E-state index in [0.717, 1.165) is 0 Å². The van der Waals surface area contributed by atoms with E-state index in [2.05, 4.69) is 0 Å². The summed E-state index contributed by atoms with van der Waals surface area (Å²) in [6, 6.07) is 0. The van der Waals surface area contributed by atoms with Gasteiger partial charge in [-0.1, -0.05) is 12.2 Å². The fraction of sp³-hybridized carbons (Fsp3) is 0.600. The van der Waals surface area contributed by atoms with Crippen LogP contribution >= 0.6 is 7.60 Å². The Hall–Kier alpha value is -0.110. The van der Waals surface area contributed by atoms with E-state index < -0.39 is 13.3 Å². The second kappa shape index (κ2) is 3.16. The van der Waals surface area contributed by atoms with Gasteiger partial charge >= 0.3 is 7.60 Å². The summed E-state index contributed by atoms with van der Waals surface area (Å²) in [5.74, 6) is 0. The highest BCUT2D eigenvalue weighted by Gasteiger charge is 2.19. The Kier molecular flexibility index (Phi) is 3.12. The highest BCUT2D eigenvalue weighted by atomic mass is 31.2. The van der Waals surface area contributed by atoms with Crippen molar-refractivity contribution in [3.05, 3.63) is 12.2 Å². The second-order valence-electron chi connectivity index (χ2n) is 1.86. The molecule has 0 saturated heterocycles. The molecular formula is C5H11O3P. The van der Waals surface area contributed by atoms with Crippen molar-refractivity contribution in [1.82, 2.24) is 0 Å². The van der Waals surface area contributed by atoms with Crippen molar-refractivity contribution in [1.29, 1.82) is 0 Å².